The SMILES string of the molecule is COP(OCCc1ccccc1)OCCc1ccccc1. The summed E-state index contributed by atoms with van der Waals surface area (Å²) in [5, 5.41) is 0. The zero-order valence-electron chi connectivity index (χ0n) is 12.3. The van der Waals surface area contributed by atoms with Crippen LogP contribution in [0, 0.1) is 0 Å². The lowest BCUT2D eigenvalue weighted by Gasteiger charge is -2.14. The van der Waals surface area contributed by atoms with Crippen molar-refractivity contribution in [3.05, 3.63) is 71.8 Å². The van der Waals surface area contributed by atoms with Crippen molar-refractivity contribution in [1.29, 1.82) is 0 Å². The molecule has 0 aliphatic heterocycles. The molecular weight excluding hydrogens is 283 g/mol. The van der Waals surface area contributed by atoms with Crippen LogP contribution in [0.1, 0.15) is 11.1 Å². The van der Waals surface area contributed by atoms with Gasteiger partial charge in [0, 0.05) is 7.11 Å². The lowest BCUT2D eigenvalue weighted by atomic mass is 10.2. The fourth-order valence-corrected chi connectivity index (χ4v) is 2.67. The third-order valence-electron chi connectivity index (χ3n) is 3.01. The highest BCUT2D eigenvalue weighted by Crippen LogP contribution is 2.38. The van der Waals surface area contributed by atoms with Gasteiger partial charge in [-0.3, -0.25) is 0 Å². The van der Waals surface area contributed by atoms with Crippen molar-refractivity contribution >= 4 is 8.60 Å². The van der Waals surface area contributed by atoms with Crippen LogP contribution in [0.25, 0.3) is 0 Å². The first-order chi connectivity index (χ1) is 10.4. The number of hydrogen-bond acceptors (Lipinski definition) is 3. The Labute approximate surface area is 127 Å². The Morgan fingerprint density at radius 2 is 1.14 bits per heavy atom. The molecule has 0 amide bonds. The second-order valence-electron chi connectivity index (χ2n) is 4.54. The Hall–Kier alpha value is -1.25. The van der Waals surface area contributed by atoms with Gasteiger partial charge in [0.2, 0.25) is 0 Å². The zero-order chi connectivity index (χ0) is 14.8. The summed E-state index contributed by atoms with van der Waals surface area (Å²) in [5.41, 5.74) is 2.51. The van der Waals surface area contributed by atoms with Gasteiger partial charge in [0.1, 0.15) is 0 Å². The Kier molecular flexibility index (Phi) is 7.41. The second kappa shape index (κ2) is 9.64. The van der Waals surface area contributed by atoms with Gasteiger partial charge in [0.25, 0.3) is 0 Å². The van der Waals surface area contributed by atoms with Crippen molar-refractivity contribution in [3.8, 4) is 0 Å². The van der Waals surface area contributed by atoms with Crippen LogP contribution >= 0.6 is 8.60 Å². The lowest BCUT2D eigenvalue weighted by molar-refractivity contribution is 0.183. The molecule has 0 unspecified atom stereocenters. The molecule has 0 aliphatic rings. The molecule has 0 fully saturated rings. The van der Waals surface area contributed by atoms with Crippen LogP contribution in [-0.4, -0.2) is 20.3 Å². The third-order valence-corrected chi connectivity index (χ3v) is 4.09. The summed E-state index contributed by atoms with van der Waals surface area (Å²) < 4.78 is 16.6. The Bertz CT molecular complexity index is 444. The molecule has 0 spiro atoms. The third kappa shape index (κ3) is 6.36. The molecule has 3 nitrogen and oxygen atoms in total. The predicted octanol–water partition coefficient (Wildman–Crippen LogP) is 4.38. The molecule has 0 radical (unpaired) electrons. The average molecular weight is 304 g/mol. The highest BCUT2D eigenvalue weighted by molar-refractivity contribution is 7.41. The van der Waals surface area contributed by atoms with E-state index in [9.17, 15) is 0 Å². The summed E-state index contributed by atoms with van der Waals surface area (Å²) in [6.07, 6.45) is 1.73. The molecule has 0 bridgehead atoms. The molecule has 21 heavy (non-hydrogen) atoms. The van der Waals surface area contributed by atoms with Gasteiger partial charge >= 0.3 is 8.60 Å². The Balaban J connectivity index is 1.64. The maximum absolute atomic E-state index is 5.65. The minimum atomic E-state index is -1.25. The Morgan fingerprint density at radius 1 is 0.714 bits per heavy atom. The molecule has 0 aliphatic carbocycles. The van der Waals surface area contributed by atoms with Crippen LogP contribution < -0.4 is 0 Å². The number of benzene rings is 2. The summed E-state index contributed by atoms with van der Waals surface area (Å²) in [4.78, 5) is 0. The summed E-state index contributed by atoms with van der Waals surface area (Å²) in [7, 11) is 0.371. The van der Waals surface area contributed by atoms with Crippen molar-refractivity contribution in [2.75, 3.05) is 20.3 Å². The van der Waals surface area contributed by atoms with Crippen molar-refractivity contribution < 1.29 is 13.6 Å². The monoisotopic (exact) mass is 304 g/mol. The van der Waals surface area contributed by atoms with Crippen LogP contribution in [0.2, 0.25) is 0 Å². The van der Waals surface area contributed by atoms with Crippen molar-refractivity contribution in [2.24, 2.45) is 0 Å². The first kappa shape index (κ1) is 16.1. The zero-order valence-corrected chi connectivity index (χ0v) is 13.2. The normalized spacial score (nSPS) is 11.0. The van der Waals surface area contributed by atoms with Gasteiger partial charge in [-0.1, -0.05) is 60.7 Å². The molecule has 0 heterocycles. The van der Waals surface area contributed by atoms with E-state index in [0.717, 1.165) is 12.8 Å². The van der Waals surface area contributed by atoms with Crippen LogP contribution in [0.5, 0.6) is 0 Å². The van der Waals surface area contributed by atoms with Crippen LogP contribution in [0.4, 0.5) is 0 Å². The van der Waals surface area contributed by atoms with E-state index in [1.807, 2.05) is 36.4 Å². The largest absolute Gasteiger partial charge is 0.332 e. The maximum Gasteiger partial charge on any atom is 0.332 e. The standard InChI is InChI=1S/C17H21O3P/c1-18-21(19-14-12-16-8-4-2-5-9-16)20-15-13-17-10-6-3-7-11-17/h2-11H,12-15H2,1H3. The molecule has 2 aromatic rings. The van der Waals surface area contributed by atoms with Crippen LogP contribution in [-0.2, 0) is 26.4 Å². The van der Waals surface area contributed by atoms with E-state index in [1.54, 1.807) is 7.11 Å². The van der Waals surface area contributed by atoms with E-state index >= 15 is 0 Å². The lowest BCUT2D eigenvalue weighted by Crippen LogP contribution is -2.01. The minimum Gasteiger partial charge on any atom is -0.316 e. The van der Waals surface area contributed by atoms with Gasteiger partial charge in [-0.15, -0.1) is 0 Å². The summed E-state index contributed by atoms with van der Waals surface area (Å²) in [5.74, 6) is 0. The van der Waals surface area contributed by atoms with E-state index in [0.29, 0.717) is 13.2 Å². The minimum absolute atomic E-state index is 0.606. The van der Waals surface area contributed by atoms with Gasteiger partial charge < -0.3 is 13.6 Å². The van der Waals surface area contributed by atoms with E-state index in [1.165, 1.54) is 11.1 Å². The molecule has 0 saturated carbocycles. The molecular formula is C17H21O3P. The van der Waals surface area contributed by atoms with Crippen molar-refractivity contribution in [1.82, 2.24) is 0 Å². The Morgan fingerprint density at radius 3 is 1.52 bits per heavy atom. The molecule has 0 aromatic heterocycles. The second-order valence-corrected chi connectivity index (χ2v) is 5.87. The van der Waals surface area contributed by atoms with Gasteiger partial charge in [-0.25, -0.2) is 0 Å². The first-order valence-corrected chi connectivity index (χ1v) is 8.16. The summed E-state index contributed by atoms with van der Waals surface area (Å²) in [6.45, 7) is 1.21. The molecule has 0 atom stereocenters. The summed E-state index contributed by atoms with van der Waals surface area (Å²) in [6, 6.07) is 20.5. The predicted molar refractivity (Wildman–Crippen MR) is 86.1 cm³/mol. The van der Waals surface area contributed by atoms with Gasteiger partial charge in [-0.05, 0) is 24.0 Å². The molecule has 0 saturated heterocycles. The molecule has 0 N–H and O–H groups in total. The van der Waals surface area contributed by atoms with Crippen molar-refractivity contribution in [3.63, 3.8) is 0 Å². The van der Waals surface area contributed by atoms with E-state index < -0.39 is 8.60 Å². The quantitative estimate of drug-likeness (QED) is 0.644. The smallest absolute Gasteiger partial charge is 0.316 e. The van der Waals surface area contributed by atoms with Gasteiger partial charge in [-0.2, -0.15) is 0 Å². The van der Waals surface area contributed by atoms with Crippen LogP contribution in [0.3, 0.4) is 0 Å². The highest BCUT2D eigenvalue weighted by atomic mass is 31.2. The molecule has 4 heteroatoms. The van der Waals surface area contributed by atoms with Crippen LogP contribution in [0.15, 0.2) is 60.7 Å². The average Bonchev–Trinajstić information content (AvgIpc) is 2.55. The fourth-order valence-electron chi connectivity index (χ4n) is 1.91. The van der Waals surface area contributed by atoms with Gasteiger partial charge in [0.05, 0.1) is 13.2 Å². The summed E-state index contributed by atoms with van der Waals surface area (Å²) >= 11 is 0. The first-order valence-electron chi connectivity index (χ1n) is 7.06. The van der Waals surface area contributed by atoms with Crippen molar-refractivity contribution in [2.45, 2.75) is 12.8 Å². The van der Waals surface area contributed by atoms with E-state index in [-0.39, 0.29) is 0 Å². The fraction of sp³-hybridized carbons (Fsp3) is 0.294. The van der Waals surface area contributed by atoms with E-state index in [2.05, 4.69) is 24.3 Å². The van der Waals surface area contributed by atoms with Gasteiger partial charge in [0.15, 0.2) is 0 Å². The van der Waals surface area contributed by atoms with E-state index in [4.69, 9.17) is 13.6 Å². The number of hydrogen-bond donors (Lipinski definition) is 0. The molecule has 2 rings (SSSR count). The highest BCUT2D eigenvalue weighted by Gasteiger charge is 2.10. The maximum atomic E-state index is 5.65. The molecule has 2 aromatic carbocycles. The topological polar surface area (TPSA) is 27.7 Å². The molecule has 112 valence electrons. The number of rotatable bonds is 9.